The highest BCUT2D eigenvalue weighted by Gasteiger charge is 2.18. The highest BCUT2D eigenvalue weighted by Crippen LogP contribution is 2.23. The van der Waals surface area contributed by atoms with Gasteiger partial charge in [0.2, 0.25) is 5.91 Å². The van der Waals surface area contributed by atoms with Gasteiger partial charge in [-0.3, -0.25) is 9.59 Å². The summed E-state index contributed by atoms with van der Waals surface area (Å²) in [5, 5.41) is 0.545. The van der Waals surface area contributed by atoms with Crippen LogP contribution in [0.5, 0.6) is 0 Å². The molecular weight excluding hydrogens is 344 g/mol. The summed E-state index contributed by atoms with van der Waals surface area (Å²) in [4.78, 5) is 27.3. The maximum absolute atomic E-state index is 12.2. The Morgan fingerprint density at radius 3 is 2.35 bits per heavy atom. The lowest BCUT2D eigenvalue weighted by Gasteiger charge is -2.23. The molecule has 0 aliphatic heterocycles. The quantitative estimate of drug-likeness (QED) is 0.809. The lowest BCUT2D eigenvalue weighted by Crippen LogP contribution is -2.41. The van der Waals surface area contributed by atoms with Gasteiger partial charge in [-0.1, -0.05) is 11.6 Å². The molecule has 0 heterocycles. The first kappa shape index (κ1) is 17.0. The molecule has 110 valence electrons. The topological polar surface area (TPSA) is 40.6 Å². The number of benzene rings is 1. The second-order valence-electron chi connectivity index (χ2n) is 4.36. The third-order valence-electron chi connectivity index (χ3n) is 3.00. The van der Waals surface area contributed by atoms with E-state index < -0.39 is 0 Å². The minimum absolute atomic E-state index is 0.0566. The monoisotopic (exact) mass is 360 g/mol. The van der Waals surface area contributed by atoms with Crippen LogP contribution in [-0.4, -0.2) is 48.3 Å². The van der Waals surface area contributed by atoms with Crippen LogP contribution in [-0.2, 0) is 4.79 Å². The van der Waals surface area contributed by atoms with Gasteiger partial charge in [0, 0.05) is 30.2 Å². The molecule has 0 aliphatic carbocycles. The van der Waals surface area contributed by atoms with E-state index in [2.05, 4.69) is 15.9 Å². The molecule has 0 saturated heterocycles. The molecule has 0 saturated carbocycles. The summed E-state index contributed by atoms with van der Waals surface area (Å²) in [6.45, 7) is 5.19. The van der Waals surface area contributed by atoms with E-state index in [0.29, 0.717) is 28.1 Å². The maximum Gasteiger partial charge on any atom is 0.254 e. The Balaban J connectivity index is 2.76. The number of hydrogen-bond donors (Lipinski definition) is 0. The van der Waals surface area contributed by atoms with Crippen molar-refractivity contribution in [1.29, 1.82) is 0 Å². The average Bonchev–Trinajstić information content (AvgIpc) is 2.42. The summed E-state index contributed by atoms with van der Waals surface area (Å²) in [5.41, 5.74) is 0.496. The van der Waals surface area contributed by atoms with Crippen LogP contribution in [0.3, 0.4) is 0 Å². The third kappa shape index (κ3) is 4.21. The number of carbonyl (C=O) groups excluding carboxylic acids is 2. The molecule has 0 bridgehead atoms. The van der Waals surface area contributed by atoms with E-state index in [1.807, 2.05) is 13.8 Å². The summed E-state index contributed by atoms with van der Waals surface area (Å²) in [6.07, 6.45) is 0. The van der Waals surface area contributed by atoms with Crippen molar-refractivity contribution in [3.63, 3.8) is 0 Å². The molecule has 0 atom stereocenters. The van der Waals surface area contributed by atoms with Gasteiger partial charge in [-0.2, -0.15) is 0 Å². The van der Waals surface area contributed by atoms with Crippen LogP contribution < -0.4 is 0 Å². The van der Waals surface area contributed by atoms with Crippen molar-refractivity contribution in [3.8, 4) is 0 Å². The molecule has 1 aromatic carbocycles. The Bertz CT molecular complexity index is 504. The van der Waals surface area contributed by atoms with E-state index in [1.54, 1.807) is 30.1 Å². The standard InChI is InChI=1S/C14H18BrClN2O2/c1-4-18(5-2)13(19)9-17(3)14(20)10-6-7-12(16)11(15)8-10/h6-8H,4-5,9H2,1-3H3. The molecule has 1 rings (SSSR count). The molecule has 0 unspecified atom stereocenters. The molecule has 0 aromatic heterocycles. The molecule has 0 radical (unpaired) electrons. The maximum atomic E-state index is 12.2. The van der Waals surface area contributed by atoms with Gasteiger partial charge in [0.15, 0.2) is 0 Å². The Labute approximate surface area is 132 Å². The average molecular weight is 362 g/mol. The molecular formula is C14H18BrClN2O2. The van der Waals surface area contributed by atoms with Crippen LogP contribution in [0.2, 0.25) is 5.02 Å². The van der Waals surface area contributed by atoms with Gasteiger partial charge in [0.25, 0.3) is 5.91 Å². The van der Waals surface area contributed by atoms with E-state index in [0.717, 1.165) is 0 Å². The van der Waals surface area contributed by atoms with Crippen molar-refractivity contribution in [2.45, 2.75) is 13.8 Å². The predicted molar refractivity (Wildman–Crippen MR) is 84.0 cm³/mol. The fourth-order valence-corrected chi connectivity index (χ4v) is 2.30. The molecule has 0 N–H and O–H groups in total. The molecule has 0 spiro atoms. The van der Waals surface area contributed by atoms with Gasteiger partial charge in [-0.25, -0.2) is 0 Å². The molecule has 0 fully saturated rings. The minimum atomic E-state index is -0.206. The normalized spacial score (nSPS) is 10.2. The SMILES string of the molecule is CCN(CC)C(=O)CN(C)C(=O)c1ccc(Cl)c(Br)c1. The van der Waals surface area contributed by atoms with Crippen molar-refractivity contribution in [2.75, 3.05) is 26.7 Å². The van der Waals surface area contributed by atoms with Gasteiger partial charge < -0.3 is 9.80 Å². The number of hydrogen-bond acceptors (Lipinski definition) is 2. The van der Waals surface area contributed by atoms with Crippen molar-refractivity contribution in [3.05, 3.63) is 33.3 Å². The van der Waals surface area contributed by atoms with Gasteiger partial charge in [0.05, 0.1) is 11.6 Å². The minimum Gasteiger partial charge on any atom is -0.342 e. The summed E-state index contributed by atoms with van der Waals surface area (Å²) in [7, 11) is 1.62. The smallest absolute Gasteiger partial charge is 0.254 e. The van der Waals surface area contributed by atoms with Gasteiger partial charge in [0.1, 0.15) is 0 Å². The van der Waals surface area contributed by atoms with Crippen LogP contribution in [0.25, 0.3) is 0 Å². The Morgan fingerprint density at radius 1 is 1.25 bits per heavy atom. The zero-order valence-electron chi connectivity index (χ0n) is 11.8. The zero-order valence-corrected chi connectivity index (χ0v) is 14.2. The number of nitrogens with zero attached hydrogens (tertiary/aromatic N) is 2. The van der Waals surface area contributed by atoms with Crippen molar-refractivity contribution in [1.82, 2.24) is 9.80 Å². The van der Waals surface area contributed by atoms with E-state index >= 15 is 0 Å². The Kier molecular flexibility index (Phi) is 6.49. The Morgan fingerprint density at radius 2 is 1.85 bits per heavy atom. The lowest BCUT2D eigenvalue weighted by atomic mass is 10.2. The van der Waals surface area contributed by atoms with Crippen LogP contribution in [0, 0.1) is 0 Å². The second kappa shape index (κ2) is 7.64. The van der Waals surface area contributed by atoms with Crippen LogP contribution in [0.15, 0.2) is 22.7 Å². The number of halogens is 2. The third-order valence-corrected chi connectivity index (χ3v) is 4.22. The first-order valence-electron chi connectivity index (χ1n) is 6.39. The predicted octanol–water partition coefficient (Wildman–Crippen LogP) is 3.04. The zero-order chi connectivity index (χ0) is 15.3. The number of rotatable bonds is 5. The lowest BCUT2D eigenvalue weighted by molar-refractivity contribution is -0.131. The molecule has 2 amide bonds. The summed E-state index contributed by atoms with van der Waals surface area (Å²) in [6, 6.07) is 4.95. The Hall–Kier alpha value is -1.07. The molecule has 1 aromatic rings. The second-order valence-corrected chi connectivity index (χ2v) is 5.62. The summed E-state index contributed by atoms with van der Waals surface area (Å²) in [5.74, 6) is -0.262. The fourth-order valence-electron chi connectivity index (χ4n) is 1.80. The van der Waals surface area contributed by atoms with Crippen molar-refractivity contribution in [2.24, 2.45) is 0 Å². The van der Waals surface area contributed by atoms with E-state index in [-0.39, 0.29) is 18.4 Å². The molecule has 20 heavy (non-hydrogen) atoms. The van der Waals surface area contributed by atoms with Gasteiger partial charge >= 0.3 is 0 Å². The largest absolute Gasteiger partial charge is 0.342 e. The van der Waals surface area contributed by atoms with Gasteiger partial charge in [-0.05, 0) is 48.0 Å². The van der Waals surface area contributed by atoms with E-state index in [4.69, 9.17) is 11.6 Å². The highest BCUT2D eigenvalue weighted by molar-refractivity contribution is 9.10. The number of carbonyl (C=O) groups is 2. The first-order chi connectivity index (χ1) is 9.40. The first-order valence-corrected chi connectivity index (χ1v) is 7.56. The van der Waals surface area contributed by atoms with Crippen molar-refractivity contribution >= 4 is 39.3 Å². The van der Waals surface area contributed by atoms with Gasteiger partial charge in [-0.15, -0.1) is 0 Å². The molecule has 4 nitrogen and oxygen atoms in total. The van der Waals surface area contributed by atoms with Crippen LogP contribution >= 0.6 is 27.5 Å². The summed E-state index contributed by atoms with van der Waals surface area (Å²) < 4.78 is 0.661. The van der Waals surface area contributed by atoms with E-state index in [1.165, 1.54) is 4.90 Å². The van der Waals surface area contributed by atoms with Crippen LogP contribution in [0.1, 0.15) is 24.2 Å². The number of amides is 2. The molecule has 6 heteroatoms. The van der Waals surface area contributed by atoms with E-state index in [9.17, 15) is 9.59 Å². The summed E-state index contributed by atoms with van der Waals surface area (Å²) >= 11 is 9.18. The van der Waals surface area contributed by atoms with Crippen molar-refractivity contribution < 1.29 is 9.59 Å². The molecule has 0 aliphatic rings. The fraction of sp³-hybridized carbons (Fsp3) is 0.429. The van der Waals surface area contributed by atoms with Crippen LogP contribution in [0.4, 0.5) is 0 Å². The number of likely N-dealkylation sites (N-methyl/N-ethyl adjacent to an activating group) is 2. The highest BCUT2D eigenvalue weighted by atomic mass is 79.9.